The lowest BCUT2D eigenvalue weighted by Crippen LogP contribution is -2.52. The largest absolute Gasteiger partial charge is 0.481 e. The van der Waals surface area contributed by atoms with Crippen LogP contribution in [0, 0.1) is 36.5 Å². The number of Topliss-reactive ketones (excluding diaryl/α,β-unsaturated/α-hetero) is 2. The van der Waals surface area contributed by atoms with Crippen LogP contribution in [-0.4, -0.2) is 174 Å². The molecule has 114 heavy (non-hydrogen) atoms. The number of carboxylic acid groups (broad SMARTS) is 1. The summed E-state index contributed by atoms with van der Waals surface area (Å²) in [5, 5.41) is 29.2. The molecule has 2 aliphatic carbocycles. The predicted octanol–water partition coefficient (Wildman–Crippen LogP) is 14.5. The molecule has 2 saturated carbocycles. The third kappa shape index (κ3) is 20.1. The van der Waals surface area contributed by atoms with Gasteiger partial charge in [0.2, 0.25) is 30.0 Å². The van der Waals surface area contributed by atoms with Crippen LogP contribution in [-0.2, 0) is 43.0 Å². The van der Waals surface area contributed by atoms with E-state index in [9.17, 15) is 43.5 Å². The number of hydrogen-bond donors (Lipinski definition) is 3. The van der Waals surface area contributed by atoms with Crippen molar-refractivity contribution in [2.45, 2.75) is 238 Å². The van der Waals surface area contributed by atoms with E-state index in [0.29, 0.717) is 61.8 Å². The molecule has 606 valence electrons. The summed E-state index contributed by atoms with van der Waals surface area (Å²) < 4.78 is 40.8. The number of aliphatic carboxylic acids is 1. The number of carboxylic acids is 1. The minimum atomic E-state index is -1.18. The normalized spacial score (nSPS) is 25.1. The molecule has 4 aromatic carbocycles. The lowest BCUT2D eigenvalue weighted by Gasteiger charge is -2.35. The number of carbonyl (C=O) groups excluding carboxylic acids is 7. The quantitative estimate of drug-likeness (QED) is 0.0418. The number of nitrogens with zero attached hydrogens (tertiary/aromatic N) is 7. The summed E-state index contributed by atoms with van der Waals surface area (Å²) in [5.41, 5.74) is -1.62. The number of para-hydroxylation sites is 2. The maximum absolute atomic E-state index is 14.6. The summed E-state index contributed by atoms with van der Waals surface area (Å²) in [5.74, 6) is -2.39. The van der Waals surface area contributed by atoms with Crippen LogP contribution in [0.1, 0.15) is 198 Å². The Labute approximate surface area is 665 Å². The fraction of sp³-hybridized carbons (Fsp3) is 0.506. The molecule has 2 saturated heterocycles. The van der Waals surface area contributed by atoms with Gasteiger partial charge in [-0.3, -0.25) is 43.3 Å². The lowest BCUT2D eigenvalue weighted by atomic mass is 9.91. The Morgan fingerprint density at radius 3 is 1.32 bits per heavy atom. The number of allylic oxidation sites excluding steroid dienone is 4. The standard InChI is InChI=1S/C41H46N4O7.C37H38N4O7.C11H25NO2/c1-25-20-33(44-52-25)36(47)42-32-19-9-7-5-6-8-14-26-22-41(26,39(49)51-40(2,3)4)23-35(46)34-21-27(24-45(34)38(32)48)50-37-30-17-11-10-15-28(30)29-16-12-13-18-31(29)43-37;1-22-17-30(40-48-22)33(43)38-29-16-6-4-2-3-5-11-23-19-37(23,36(45)46)20-32(42)31-18-24(21-41(31)35(29)44)47-34-27-14-8-7-12-25(27)26-13-9-10-15-28(26)39-34;1-10(2,3)13-9(12(7)8)14-11(4,5)6/h8,10-18,20,26-27,32,34H,5-7,9,19,21-24H2,1-4H3,(H,42,47);5,7-15,17,23-24,29,31H,2-4,6,16,18-21H2,1H3,(H,38,43)(H,45,46);9H,1-8H3/b14-8-;11-5-;/t26-,27-,32+,34+,41-;23-,24-,29+,31+,37-;/m11./s1. The van der Waals surface area contributed by atoms with Crippen molar-refractivity contribution in [3.8, 4) is 11.8 Å². The number of ether oxygens (including phenoxy) is 5. The Kier molecular flexibility index (Phi) is 25.4. The van der Waals surface area contributed by atoms with Crippen molar-refractivity contribution >= 4 is 90.5 Å². The van der Waals surface area contributed by atoms with E-state index in [1.165, 1.54) is 17.0 Å². The molecule has 25 nitrogen and oxygen atoms in total. The summed E-state index contributed by atoms with van der Waals surface area (Å²) in [6.45, 7) is 21.2. The minimum Gasteiger partial charge on any atom is -0.481 e. The fourth-order valence-corrected chi connectivity index (χ4v) is 15.8. The average Bonchev–Trinajstić information content (AvgIpc) is 1.54. The van der Waals surface area contributed by atoms with Crippen LogP contribution in [0.3, 0.4) is 0 Å². The van der Waals surface area contributed by atoms with E-state index in [0.717, 1.165) is 81.9 Å². The van der Waals surface area contributed by atoms with Gasteiger partial charge < -0.3 is 58.3 Å². The number of ketones is 2. The first kappa shape index (κ1) is 83.2. The summed E-state index contributed by atoms with van der Waals surface area (Å²) in [6.07, 6.45) is 14.7. The first-order valence-corrected chi connectivity index (χ1v) is 40.0. The highest BCUT2D eigenvalue weighted by Crippen LogP contribution is 2.59. The number of hydrogen-bond acceptors (Lipinski definition) is 20. The van der Waals surface area contributed by atoms with Gasteiger partial charge in [0.1, 0.15) is 41.4 Å². The van der Waals surface area contributed by atoms with Gasteiger partial charge in [0.25, 0.3) is 11.8 Å². The topological polar surface area (TPSA) is 315 Å². The van der Waals surface area contributed by atoms with E-state index in [2.05, 4.69) is 33.1 Å². The van der Waals surface area contributed by atoms with Crippen LogP contribution in [0.5, 0.6) is 11.8 Å². The molecule has 4 amide bonds. The summed E-state index contributed by atoms with van der Waals surface area (Å²) in [6, 6.07) is 30.7. The molecule has 3 N–H and O–H groups in total. The van der Waals surface area contributed by atoms with Gasteiger partial charge >= 0.3 is 11.9 Å². The molecular weight excluding hydrogens is 1450 g/mol. The van der Waals surface area contributed by atoms with Crippen LogP contribution < -0.4 is 20.1 Å². The molecule has 4 aliphatic heterocycles. The van der Waals surface area contributed by atoms with Gasteiger partial charge in [-0.1, -0.05) is 133 Å². The maximum atomic E-state index is 14.6. The van der Waals surface area contributed by atoms with Crippen LogP contribution in [0.4, 0.5) is 0 Å². The first-order chi connectivity index (χ1) is 54.2. The number of pyridine rings is 2. The van der Waals surface area contributed by atoms with Crippen LogP contribution in [0.2, 0.25) is 0 Å². The zero-order valence-corrected chi connectivity index (χ0v) is 67.8. The Balaban J connectivity index is 0.000000181. The number of rotatable bonds is 13. The fourth-order valence-electron chi connectivity index (χ4n) is 15.8. The monoisotopic (exact) mass is 1560 g/mol. The van der Waals surface area contributed by atoms with E-state index in [1.807, 2.05) is 191 Å². The van der Waals surface area contributed by atoms with Crippen molar-refractivity contribution in [2.24, 2.45) is 22.7 Å². The molecular formula is C89H109N9O16. The molecule has 0 spiro atoms. The molecule has 25 heteroatoms. The lowest BCUT2D eigenvalue weighted by molar-refractivity contribution is -0.285. The first-order valence-electron chi connectivity index (χ1n) is 40.0. The van der Waals surface area contributed by atoms with Crippen molar-refractivity contribution in [3.05, 3.63) is 156 Å². The highest BCUT2D eigenvalue weighted by Gasteiger charge is 2.63. The van der Waals surface area contributed by atoms with Gasteiger partial charge in [0.15, 0.2) is 23.0 Å². The third-order valence-electron chi connectivity index (χ3n) is 21.7. The van der Waals surface area contributed by atoms with E-state index < -0.39 is 82.5 Å². The summed E-state index contributed by atoms with van der Waals surface area (Å²) in [7, 11) is 3.89. The van der Waals surface area contributed by atoms with E-state index in [1.54, 1.807) is 18.7 Å². The van der Waals surface area contributed by atoms with Crippen molar-refractivity contribution in [2.75, 3.05) is 27.2 Å². The van der Waals surface area contributed by atoms with E-state index in [4.69, 9.17) is 42.7 Å². The second-order valence-electron chi connectivity index (χ2n) is 34.5. The number of aryl methyl sites for hydroxylation is 2. The van der Waals surface area contributed by atoms with Crippen LogP contribution >= 0.6 is 0 Å². The Morgan fingerprint density at radius 2 is 0.930 bits per heavy atom. The van der Waals surface area contributed by atoms with Crippen molar-refractivity contribution in [3.63, 3.8) is 0 Å². The highest BCUT2D eigenvalue weighted by atomic mass is 16.7. The van der Waals surface area contributed by atoms with Gasteiger partial charge in [-0.25, -0.2) is 9.97 Å². The molecule has 8 aromatic rings. The smallest absolute Gasteiger partial charge is 0.313 e. The summed E-state index contributed by atoms with van der Waals surface area (Å²) >= 11 is 0. The molecule has 0 bridgehead atoms. The van der Waals surface area contributed by atoms with Crippen molar-refractivity contribution < 1.29 is 76.2 Å². The number of esters is 1. The average molecular weight is 1560 g/mol. The summed E-state index contributed by atoms with van der Waals surface area (Å²) in [4.78, 5) is 125. The van der Waals surface area contributed by atoms with Crippen molar-refractivity contribution in [1.82, 2.24) is 45.6 Å². The maximum Gasteiger partial charge on any atom is 0.313 e. The number of aromatic nitrogens is 4. The minimum absolute atomic E-state index is 0.0639. The highest BCUT2D eigenvalue weighted by molar-refractivity contribution is 6.09. The Hall–Kier alpha value is -10.2. The second-order valence-corrected chi connectivity index (χ2v) is 34.5. The third-order valence-corrected chi connectivity index (χ3v) is 21.7. The molecule has 4 fully saturated rings. The van der Waals surface area contributed by atoms with Crippen molar-refractivity contribution in [1.29, 1.82) is 0 Å². The number of benzene rings is 4. The van der Waals surface area contributed by atoms with Gasteiger partial charge in [0.05, 0.1) is 58.2 Å². The molecule has 0 radical (unpaired) electrons. The second kappa shape index (κ2) is 34.8. The molecule has 10 atom stereocenters. The molecule has 8 heterocycles. The van der Waals surface area contributed by atoms with Gasteiger partial charge in [0, 0.05) is 59.4 Å². The van der Waals surface area contributed by atoms with E-state index >= 15 is 0 Å². The van der Waals surface area contributed by atoms with Crippen LogP contribution in [0.15, 0.2) is 143 Å². The Bertz CT molecular complexity index is 4910. The van der Waals surface area contributed by atoms with Gasteiger partial charge in [-0.15, -0.1) is 0 Å². The molecule has 14 rings (SSSR count). The van der Waals surface area contributed by atoms with Gasteiger partial charge in [-0.2, -0.15) is 0 Å². The van der Waals surface area contributed by atoms with Gasteiger partial charge in [-0.05, 0) is 188 Å². The zero-order chi connectivity index (χ0) is 81.6. The molecule has 6 aliphatic rings. The molecule has 0 unspecified atom stereocenters. The Morgan fingerprint density at radius 1 is 0.535 bits per heavy atom. The molecule has 4 aromatic heterocycles. The SMILES string of the molecule is CN(C)C(OC(C)(C)C)OC(C)(C)C.Cc1cc(C(=O)N[C@H]2CCCCC/C=C\[C@@H]3C[C@@]3(C(=O)O)CC(=O)[C@@H]3C[C@@H](Oc4nc5ccccc5c5ccccc45)CN3C2=O)no1.Cc1cc(C(=O)N[C@H]2CCCCC/C=C\[C@@H]3C[C@@]3(C(=O)OC(C)(C)C)CC(=O)[C@@H]3C[C@@H](Oc4nc5ccccc5c5ccccc45)CN3C2=O)no1. The number of nitrogens with one attached hydrogen (secondary N) is 2. The predicted molar refractivity (Wildman–Crippen MR) is 430 cm³/mol. The zero-order valence-electron chi connectivity index (χ0n) is 67.8. The van der Waals surface area contributed by atoms with Crippen LogP contribution in [0.25, 0.3) is 43.4 Å². The van der Waals surface area contributed by atoms with E-state index in [-0.39, 0.29) is 97.1 Å². The number of carbonyl (C=O) groups is 8. The number of amides is 4. The number of fused-ring (bicyclic) bond motifs is 10.